The Bertz CT molecular complexity index is 775. The summed E-state index contributed by atoms with van der Waals surface area (Å²) < 4.78 is 5.55. The molecule has 7 nitrogen and oxygen atoms in total. The van der Waals surface area contributed by atoms with Crippen LogP contribution in [0.1, 0.15) is 13.8 Å². The SMILES string of the molecule is CC(C)NC(=O)C(=O)NNC(=O)COc1ccccc1-c1ccccc1. The lowest BCUT2D eigenvalue weighted by Gasteiger charge is -2.12. The van der Waals surface area contributed by atoms with E-state index in [1.54, 1.807) is 26.0 Å². The van der Waals surface area contributed by atoms with E-state index in [0.29, 0.717) is 5.75 Å². The van der Waals surface area contributed by atoms with Crippen molar-refractivity contribution < 1.29 is 19.1 Å². The molecule has 0 fully saturated rings. The fourth-order valence-electron chi connectivity index (χ4n) is 2.14. The number of hydrogen-bond donors (Lipinski definition) is 3. The Labute approximate surface area is 151 Å². The maximum absolute atomic E-state index is 11.8. The quantitative estimate of drug-likeness (QED) is 0.558. The van der Waals surface area contributed by atoms with Gasteiger partial charge in [0.25, 0.3) is 5.91 Å². The Balaban J connectivity index is 1.89. The van der Waals surface area contributed by atoms with Gasteiger partial charge in [-0.2, -0.15) is 0 Å². The molecule has 2 aromatic rings. The van der Waals surface area contributed by atoms with Crippen LogP contribution in [0, 0.1) is 0 Å². The second kappa shape index (κ2) is 9.22. The highest BCUT2D eigenvalue weighted by Crippen LogP contribution is 2.29. The first kappa shape index (κ1) is 19.0. The Morgan fingerprint density at radius 2 is 1.54 bits per heavy atom. The molecule has 2 rings (SSSR count). The molecule has 0 aliphatic heterocycles. The van der Waals surface area contributed by atoms with Crippen molar-refractivity contribution in [2.24, 2.45) is 0 Å². The van der Waals surface area contributed by atoms with Gasteiger partial charge in [-0.15, -0.1) is 0 Å². The minimum atomic E-state index is -0.947. The molecule has 26 heavy (non-hydrogen) atoms. The van der Waals surface area contributed by atoms with Crippen LogP contribution in [-0.2, 0) is 14.4 Å². The van der Waals surface area contributed by atoms with Crippen LogP contribution in [0.5, 0.6) is 5.75 Å². The summed E-state index contributed by atoms with van der Waals surface area (Å²) in [5, 5.41) is 2.42. The van der Waals surface area contributed by atoms with Crippen molar-refractivity contribution in [2.75, 3.05) is 6.61 Å². The number of ether oxygens (including phenoxy) is 1. The molecule has 0 aliphatic carbocycles. The Kier molecular flexibility index (Phi) is 6.73. The number of carbonyl (C=O) groups is 3. The van der Waals surface area contributed by atoms with Crippen molar-refractivity contribution in [1.82, 2.24) is 16.2 Å². The smallest absolute Gasteiger partial charge is 0.327 e. The average molecular weight is 355 g/mol. The number of rotatable bonds is 5. The molecule has 0 unspecified atom stereocenters. The summed E-state index contributed by atoms with van der Waals surface area (Å²) in [5.41, 5.74) is 5.99. The first-order valence-corrected chi connectivity index (χ1v) is 8.14. The monoisotopic (exact) mass is 355 g/mol. The molecular weight excluding hydrogens is 334 g/mol. The lowest BCUT2D eigenvalue weighted by molar-refractivity contribution is -0.141. The van der Waals surface area contributed by atoms with Crippen LogP contribution >= 0.6 is 0 Å². The van der Waals surface area contributed by atoms with Gasteiger partial charge in [-0.1, -0.05) is 48.5 Å². The van der Waals surface area contributed by atoms with Crippen LogP contribution in [0.2, 0.25) is 0 Å². The molecule has 0 saturated carbocycles. The summed E-state index contributed by atoms with van der Waals surface area (Å²) >= 11 is 0. The van der Waals surface area contributed by atoms with E-state index >= 15 is 0 Å². The fourth-order valence-corrected chi connectivity index (χ4v) is 2.14. The lowest BCUT2D eigenvalue weighted by atomic mass is 10.1. The molecule has 3 N–H and O–H groups in total. The Morgan fingerprint density at radius 1 is 0.885 bits per heavy atom. The van der Waals surface area contributed by atoms with Crippen molar-refractivity contribution in [2.45, 2.75) is 19.9 Å². The van der Waals surface area contributed by atoms with Crippen LogP contribution in [0.25, 0.3) is 11.1 Å². The van der Waals surface area contributed by atoms with Gasteiger partial charge in [0.1, 0.15) is 5.75 Å². The second-order valence-corrected chi connectivity index (χ2v) is 5.78. The van der Waals surface area contributed by atoms with Crippen LogP contribution in [-0.4, -0.2) is 30.4 Å². The minimum Gasteiger partial charge on any atom is -0.483 e. The van der Waals surface area contributed by atoms with E-state index in [0.717, 1.165) is 11.1 Å². The normalized spacial score (nSPS) is 10.1. The molecular formula is C19H21N3O4. The highest BCUT2D eigenvalue weighted by Gasteiger charge is 2.15. The number of carbonyl (C=O) groups excluding carboxylic acids is 3. The lowest BCUT2D eigenvalue weighted by Crippen LogP contribution is -2.50. The molecule has 0 radical (unpaired) electrons. The van der Waals surface area contributed by atoms with Crippen molar-refractivity contribution >= 4 is 17.7 Å². The third-order valence-electron chi connectivity index (χ3n) is 3.27. The van der Waals surface area contributed by atoms with Gasteiger partial charge in [-0.3, -0.25) is 25.2 Å². The summed E-state index contributed by atoms with van der Waals surface area (Å²) in [6.07, 6.45) is 0. The van der Waals surface area contributed by atoms with Gasteiger partial charge in [-0.05, 0) is 25.5 Å². The molecule has 2 aromatic carbocycles. The largest absolute Gasteiger partial charge is 0.483 e. The van der Waals surface area contributed by atoms with Gasteiger partial charge in [0.2, 0.25) is 0 Å². The minimum absolute atomic E-state index is 0.179. The van der Waals surface area contributed by atoms with Gasteiger partial charge in [0.05, 0.1) is 0 Å². The zero-order valence-corrected chi connectivity index (χ0v) is 14.6. The van der Waals surface area contributed by atoms with E-state index in [-0.39, 0.29) is 12.6 Å². The molecule has 0 saturated heterocycles. The molecule has 0 bridgehead atoms. The van der Waals surface area contributed by atoms with Gasteiger partial charge < -0.3 is 10.1 Å². The summed E-state index contributed by atoms with van der Waals surface area (Å²) in [6.45, 7) is 3.14. The molecule has 136 valence electrons. The predicted molar refractivity (Wildman–Crippen MR) is 96.9 cm³/mol. The molecule has 0 aliphatic rings. The molecule has 0 spiro atoms. The maximum Gasteiger partial charge on any atom is 0.327 e. The first-order chi connectivity index (χ1) is 12.5. The zero-order valence-electron chi connectivity index (χ0n) is 14.6. The van der Waals surface area contributed by atoms with Gasteiger partial charge in [0.15, 0.2) is 6.61 Å². The molecule has 0 heterocycles. The number of hydrogen-bond acceptors (Lipinski definition) is 4. The Morgan fingerprint density at radius 3 is 2.23 bits per heavy atom. The summed E-state index contributed by atoms with van der Waals surface area (Å²) in [5.74, 6) is -1.82. The number of nitrogens with one attached hydrogen (secondary N) is 3. The predicted octanol–water partition coefficient (Wildman–Crippen LogP) is 1.40. The second-order valence-electron chi connectivity index (χ2n) is 5.78. The Hall–Kier alpha value is -3.35. The molecule has 0 atom stereocenters. The van der Waals surface area contributed by atoms with E-state index in [2.05, 4.69) is 10.7 Å². The molecule has 3 amide bonds. The van der Waals surface area contributed by atoms with Crippen molar-refractivity contribution in [3.05, 3.63) is 54.6 Å². The number of benzene rings is 2. The van der Waals surface area contributed by atoms with Crippen LogP contribution in [0.4, 0.5) is 0 Å². The van der Waals surface area contributed by atoms with E-state index in [4.69, 9.17) is 4.74 Å². The van der Waals surface area contributed by atoms with Crippen LogP contribution in [0.15, 0.2) is 54.6 Å². The van der Waals surface area contributed by atoms with Crippen molar-refractivity contribution in [3.8, 4) is 16.9 Å². The average Bonchev–Trinajstić information content (AvgIpc) is 2.64. The molecule has 0 aromatic heterocycles. The summed E-state index contributed by atoms with van der Waals surface area (Å²) in [4.78, 5) is 34.8. The first-order valence-electron chi connectivity index (χ1n) is 8.14. The summed E-state index contributed by atoms with van der Waals surface area (Å²) in [7, 11) is 0. The van der Waals surface area contributed by atoms with E-state index < -0.39 is 17.7 Å². The van der Waals surface area contributed by atoms with Gasteiger partial charge in [0, 0.05) is 11.6 Å². The topological polar surface area (TPSA) is 96.5 Å². The zero-order chi connectivity index (χ0) is 18.9. The fraction of sp³-hybridized carbons (Fsp3) is 0.211. The molecule has 7 heteroatoms. The van der Waals surface area contributed by atoms with Gasteiger partial charge >= 0.3 is 11.8 Å². The summed E-state index contributed by atoms with van der Waals surface area (Å²) in [6, 6.07) is 16.8. The van der Waals surface area contributed by atoms with E-state index in [1.165, 1.54) is 0 Å². The van der Waals surface area contributed by atoms with E-state index in [1.807, 2.05) is 47.9 Å². The van der Waals surface area contributed by atoms with Crippen molar-refractivity contribution in [3.63, 3.8) is 0 Å². The van der Waals surface area contributed by atoms with E-state index in [9.17, 15) is 14.4 Å². The van der Waals surface area contributed by atoms with Crippen molar-refractivity contribution in [1.29, 1.82) is 0 Å². The highest BCUT2D eigenvalue weighted by molar-refractivity contribution is 6.35. The number of para-hydroxylation sites is 1. The van der Waals surface area contributed by atoms with Gasteiger partial charge in [-0.25, -0.2) is 0 Å². The third-order valence-corrected chi connectivity index (χ3v) is 3.27. The highest BCUT2D eigenvalue weighted by atomic mass is 16.5. The standard InChI is InChI=1S/C19H21N3O4/c1-13(2)20-18(24)19(25)22-21-17(23)12-26-16-11-7-6-10-15(16)14-8-4-3-5-9-14/h3-11,13H,12H2,1-2H3,(H,20,24)(H,21,23)(H,22,25). The number of hydrazine groups is 1. The number of amides is 3. The third kappa shape index (κ3) is 5.62. The maximum atomic E-state index is 11.8. The van der Waals surface area contributed by atoms with Crippen LogP contribution < -0.4 is 20.9 Å². The van der Waals surface area contributed by atoms with Crippen LogP contribution in [0.3, 0.4) is 0 Å².